The lowest BCUT2D eigenvalue weighted by Gasteiger charge is -2.39. The minimum absolute atomic E-state index is 0.0476. The molecular formula is C45H54N2. The number of aryl methyl sites for hydroxylation is 2. The first-order valence-electron chi connectivity index (χ1n) is 18.2. The van der Waals surface area contributed by atoms with Crippen molar-refractivity contribution in [3.8, 4) is 0 Å². The van der Waals surface area contributed by atoms with Gasteiger partial charge in [-0.3, -0.25) is 0 Å². The molecule has 0 bridgehead atoms. The summed E-state index contributed by atoms with van der Waals surface area (Å²) in [7, 11) is 0. The van der Waals surface area contributed by atoms with E-state index in [1.165, 1.54) is 89.2 Å². The molecule has 0 amide bonds. The van der Waals surface area contributed by atoms with Crippen LogP contribution in [0.5, 0.6) is 0 Å². The molecule has 1 fully saturated rings. The van der Waals surface area contributed by atoms with Crippen LogP contribution in [0.25, 0.3) is 0 Å². The summed E-state index contributed by atoms with van der Waals surface area (Å²) in [5.41, 5.74) is 12.0. The Morgan fingerprint density at radius 1 is 0.702 bits per heavy atom. The number of nitrogens with zero attached hydrogens (tertiary/aromatic N) is 2. The third-order valence-corrected chi connectivity index (χ3v) is 10.7. The van der Waals surface area contributed by atoms with Crippen LogP contribution >= 0.6 is 0 Å². The van der Waals surface area contributed by atoms with E-state index in [0.717, 1.165) is 25.2 Å². The van der Waals surface area contributed by atoms with Crippen molar-refractivity contribution >= 4 is 22.7 Å². The van der Waals surface area contributed by atoms with Crippen LogP contribution in [0, 0.1) is 19.8 Å². The number of rotatable bonds is 10. The molecule has 2 heteroatoms. The van der Waals surface area contributed by atoms with E-state index in [0.29, 0.717) is 0 Å². The molecule has 244 valence electrons. The Morgan fingerprint density at radius 3 is 1.68 bits per heavy atom. The van der Waals surface area contributed by atoms with Crippen molar-refractivity contribution in [2.75, 3.05) is 9.80 Å². The van der Waals surface area contributed by atoms with E-state index < -0.39 is 0 Å². The van der Waals surface area contributed by atoms with Gasteiger partial charge >= 0.3 is 0 Å². The van der Waals surface area contributed by atoms with Gasteiger partial charge in [0.05, 0.1) is 0 Å². The van der Waals surface area contributed by atoms with E-state index in [1.807, 2.05) is 0 Å². The van der Waals surface area contributed by atoms with Crippen LogP contribution in [0.2, 0.25) is 0 Å². The highest BCUT2D eigenvalue weighted by Crippen LogP contribution is 2.46. The predicted octanol–water partition coefficient (Wildman–Crippen LogP) is 12.9. The van der Waals surface area contributed by atoms with Gasteiger partial charge in [0.1, 0.15) is 0 Å². The minimum atomic E-state index is 0.0476. The lowest BCUT2D eigenvalue weighted by atomic mass is 9.65. The summed E-state index contributed by atoms with van der Waals surface area (Å²) >= 11 is 0. The average Bonchev–Trinajstić information content (AvgIpc) is 3.11. The Kier molecular flexibility index (Phi) is 10.4. The molecule has 2 nitrogen and oxygen atoms in total. The number of benzene rings is 4. The van der Waals surface area contributed by atoms with E-state index >= 15 is 0 Å². The van der Waals surface area contributed by atoms with Gasteiger partial charge in [-0.25, -0.2) is 0 Å². The van der Waals surface area contributed by atoms with Crippen molar-refractivity contribution in [1.29, 1.82) is 0 Å². The quantitative estimate of drug-likeness (QED) is 0.162. The highest BCUT2D eigenvalue weighted by atomic mass is 15.2. The average molecular weight is 623 g/mol. The maximum Gasteiger partial charge on any atom is 0.0494 e. The van der Waals surface area contributed by atoms with Crippen LogP contribution in [-0.2, 0) is 5.41 Å². The molecule has 1 unspecified atom stereocenters. The smallest absolute Gasteiger partial charge is 0.0494 e. The van der Waals surface area contributed by atoms with E-state index in [4.69, 9.17) is 0 Å². The van der Waals surface area contributed by atoms with E-state index in [1.54, 1.807) is 0 Å². The van der Waals surface area contributed by atoms with Crippen molar-refractivity contribution < 1.29 is 0 Å². The van der Waals surface area contributed by atoms with Crippen LogP contribution in [0.1, 0.15) is 101 Å². The van der Waals surface area contributed by atoms with Gasteiger partial charge in [-0.2, -0.15) is 0 Å². The molecule has 0 N–H and O–H groups in total. The molecule has 47 heavy (non-hydrogen) atoms. The van der Waals surface area contributed by atoms with Gasteiger partial charge in [0.2, 0.25) is 0 Å². The van der Waals surface area contributed by atoms with E-state index in [2.05, 4.69) is 160 Å². The molecule has 2 aliphatic carbocycles. The molecule has 0 radical (unpaired) electrons. The fourth-order valence-corrected chi connectivity index (χ4v) is 7.84. The van der Waals surface area contributed by atoms with Crippen molar-refractivity contribution in [1.82, 2.24) is 0 Å². The molecule has 2 aliphatic rings. The summed E-state index contributed by atoms with van der Waals surface area (Å²) in [5.74, 6) is 0.763. The molecule has 0 aliphatic heterocycles. The van der Waals surface area contributed by atoms with Crippen LogP contribution in [-0.4, -0.2) is 6.04 Å². The fraction of sp³-hybridized carbons (Fsp3) is 0.378. The second-order valence-corrected chi connectivity index (χ2v) is 14.3. The van der Waals surface area contributed by atoms with Gasteiger partial charge < -0.3 is 9.80 Å². The van der Waals surface area contributed by atoms with Crippen molar-refractivity contribution in [3.05, 3.63) is 143 Å². The van der Waals surface area contributed by atoms with Gasteiger partial charge in [-0.05, 0) is 125 Å². The number of hydrogen-bond acceptors (Lipinski definition) is 2. The molecule has 2 atom stereocenters. The van der Waals surface area contributed by atoms with Gasteiger partial charge in [0.25, 0.3) is 0 Å². The lowest BCUT2D eigenvalue weighted by Crippen LogP contribution is -2.31. The molecule has 6 rings (SSSR count). The van der Waals surface area contributed by atoms with E-state index in [9.17, 15) is 0 Å². The van der Waals surface area contributed by atoms with Gasteiger partial charge in [-0.15, -0.1) is 0 Å². The Labute approximate surface area is 284 Å². The largest absolute Gasteiger partial charge is 0.335 e. The van der Waals surface area contributed by atoms with Crippen LogP contribution < -0.4 is 9.80 Å². The van der Waals surface area contributed by atoms with Crippen molar-refractivity contribution in [3.63, 3.8) is 0 Å². The SMILES string of the molecule is CC/C=C\[C@H](C)N(c1ccc(C)cc1)c1ccc(C2(c3ccc(N(C4=CCC(C)CC4)c4ccc(C)cc4)cc3)CCCCC2)cc1. The third kappa shape index (κ3) is 7.28. The molecule has 0 aromatic heterocycles. The first-order chi connectivity index (χ1) is 22.9. The van der Waals surface area contributed by atoms with Crippen LogP contribution in [0.3, 0.4) is 0 Å². The molecule has 4 aromatic rings. The molecular weight excluding hydrogens is 569 g/mol. The molecule has 0 spiro atoms. The second-order valence-electron chi connectivity index (χ2n) is 14.3. The number of anilines is 4. The van der Waals surface area contributed by atoms with E-state index in [-0.39, 0.29) is 11.5 Å². The Bertz CT molecular complexity index is 1640. The highest BCUT2D eigenvalue weighted by molar-refractivity contribution is 5.70. The zero-order valence-electron chi connectivity index (χ0n) is 29.4. The molecule has 0 heterocycles. The highest BCUT2D eigenvalue weighted by Gasteiger charge is 2.36. The molecule has 4 aromatic carbocycles. The monoisotopic (exact) mass is 622 g/mol. The summed E-state index contributed by atoms with van der Waals surface area (Å²) in [4.78, 5) is 4.98. The zero-order valence-corrected chi connectivity index (χ0v) is 29.4. The van der Waals surface area contributed by atoms with Gasteiger partial charge in [0.15, 0.2) is 0 Å². The lowest BCUT2D eigenvalue weighted by molar-refractivity contribution is 0.346. The third-order valence-electron chi connectivity index (χ3n) is 10.7. The first-order valence-corrected chi connectivity index (χ1v) is 18.2. The number of allylic oxidation sites excluding steroid dienone is 3. The Hall–Kier alpha value is -4.04. The number of hydrogen-bond donors (Lipinski definition) is 0. The predicted molar refractivity (Wildman–Crippen MR) is 203 cm³/mol. The van der Waals surface area contributed by atoms with Crippen molar-refractivity contribution in [2.24, 2.45) is 5.92 Å². The Balaban J connectivity index is 1.34. The summed E-state index contributed by atoms with van der Waals surface area (Å²) in [6, 6.07) is 37.5. The summed E-state index contributed by atoms with van der Waals surface area (Å²) < 4.78 is 0. The second kappa shape index (κ2) is 14.8. The first kappa shape index (κ1) is 32.9. The maximum atomic E-state index is 2.51. The fourth-order valence-electron chi connectivity index (χ4n) is 7.84. The van der Waals surface area contributed by atoms with Crippen molar-refractivity contribution in [2.45, 2.75) is 104 Å². The standard InChI is InChI=1S/C45H54N2/c1-6-7-11-37(5)46(40-22-12-34(2)13-23-40)41-28-18-38(19-29-41)45(32-9-8-10-33-45)39-20-30-44(31-21-39)47(42-24-14-35(3)15-25-42)43-26-16-36(4)17-27-43/h7,11-15,18-26,28-31,36-37H,6,8-10,16-17,27,32-33H2,1-5H3/b11-7-/t36?,37-/m0/s1. The minimum Gasteiger partial charge on any atom is -0.335 e. The topological polar surface area (TPSA) is 6.48 Å². The summed E-state index contributed by atoms with van der Waals surface area (Å²) in [6.07, 6.45) is 18.0. The van der Waals surface area contributed by atoms with Gasteiger partial charge in [-0.1, -0.05) is 111 Å². The normalized spacial score (nSPS) is 18.5. The van der Waals surface area contributed by atoms with Crippen LogP contribution in [0.4, 0.5) is 22.7 Å². The summed E-state index contributed by atoms with van der Waals surface area (Å²) in [5, 5.41) is 0. The van der Waals surface area contributed by atoms with Crippen LogP contribution in [0.15, 0.2) is 121 Å². The Morgan fingerprint density at radius 2 is 1.19 bits per heavy atom. The molecule has 1 saturated carbocycles. The summed E-state index contributed by atoms with van der Waals surface area (Å²) in [6.45, 7) is 11.2. The molecule has 0 saturated heterocycles. The maximum absolute atomic E-state index is 2.51. The zero-order chi connectivity index (χ0) is 32.8. The van der Waals surface area contributed by atoms with Gasteiger partial charge in [0, 0.05) is 39.9 Å².